The van der Waals surface area contributed by atoms with Crippen molar-refractivity contribution in [1.29, 1.82) is 0 Å². The summed E-state index contributed by atoms with van der Waals surface area (Å²) in [6.45, 7) is 8.42. The Labute approximate surface area is 173 Å². The van der Waals surface area contributed by atoms with Crippen molar-refractivity contribution in [3.63, 3.8) is 0 Å². The minimum atomic E-state index is -0.968. The van der Waals surface area contributed by atoms with Crippen molar-refractivity contribution in [2.75, 3.05) is 0 Å². The van der Waals surface area contributed by atoms with Crippen LogP contribution in [0.1, 0.15) is 66.2 Å². The Morgan fingerprint density at radius 3 is 2.48 bits per heavy atom. The number of aliphatic carboxylic acids is 1. The van der Waals surface area contributed by atoms with Gasteiger partial charge in [-0.3, -0.25) is 9.59 Å². The molecular weight excluding hydrogens is 364 g/mol. The molecular formula is C25H32O4. The summed E-state index contributed by atoms with van der Waals surface area (Å²) >= 11 is 0. The highest BCUT2D eigenvalue weighted by Crippen LogP contribution is 2.65. The molecule has 0 radical (unpaired) electrons. The van der Waals surface area contributed by atoms with Crippen LogP contribution in [0.2, 0.25) is 0 Å². The summed E-state index contributed by atoms with van der Waals surface area (Å²) in [6.07, 6.45) is 13.2. The van der Waals surface area contributed by atoms with E-state index in [9.17, 15) is 14.4 Å². The second kappa shape index (κ2) is 7.89. The predicted molar refractivity (Wildman–Crippen MR) is 113 cm³/mol. The van der Waals surface area contributed by atoms with Gasteiger partial charge in [-0.2, -0.15) is 0 Å². The summed E-state index contributed by atoms with van der Waals surface area (Å²) in [5.74, 6) is 0.392. The smallest absolute Gasteiger partial charge is 0.328 e. The fourth-order valence-corrected chi connectivity index (χ4v) is 6.21. The zero-order valence-corrected chi connectivity index (χ0v) is 18.0. The van der Waals surface area contributed by atoms with Gasteiger partial charge in [0.2, 0.25) is 0 Å². The van der Waals surface area contributed by atoms with Gasteiger partial charge in [-0.15, -0.1) is 0 Å². The third kappa shape index (κ3) is 3.94. The number of carbonyl (C=O) groups is 3. The minimum Gasteiger partial charge on any atom is -0.478 e. The number of carboxylic acids is 1. The molecule has 0 saturated heterocycles. The molecule has 29 heavy (non-hydrogen) atoms. The highest BCUT2D eigenvalue weighted by Gasteiger charge is 2.60. The summed E-state index contributed by atoms with van der Waals surface area (Å²) < 4.78 is 0. The lowest BCUT2D eigenvalue weighted by atomic mass is 9.48. The highest BCUT2D eigenvalue weighted by molar-refractivity contribution is 6.01. The number of ketones is 2. The minimum absolute atomic E-state index is 0.0699. The molecule has 3 aliphatic rings. The van der Waals surface area contributed by atoms with E-state index in [1.807, 2.05) is 32.1 Å². The van der Waals surface area contributed by atoms with E-state index in [-0.39, 0.29) is 16.6 Å². The van der Waals surface area contributed by atoms with Crippen LogP contribution in [0.15, 0.2) is 47.1 Å². The first-order valence-corrected chi connectivity index (χ1v) is 10.6. The molecule has 3 saturated carbocycles. The molecule has 0 spiro atoms. The molecule has 3 aliphatic carbocycles. The van der Waals surface area contributed by atoms with Crippen LogP contribution >= 0.6 is 0 Å². The first kappa shape index (κ1) is 21.5. The second-order valence-electron chi connectivity index (χ2n) is 9.58. The van der Waals surface area contributed by atoms with Crippen molar-refractivity contribution in [1.82, 2.24) is 0 Å². The zero-order valence-electron chi connectivity index (χ0n) is 18.0. The monoisotopic (exact) mass is 396 g/mol. The van der Waals surface area contributed by atoms with E-state index in [4.69, 9.17) is 5.11 Å². The number of Topliss-reactive ketones (excluding diaryl/α,β-unsaturated/α-hetero) is 2. The maximum Gasteiger partial charge on any atom is 0.328 e. The lowest BCUT2D eigenvalue weighted by molar-refractivity contribution is -0.132. The number of fused-ring (bicyclic) bond motifs is 3. The predicted octanol–water partition coefficient (Wildman–Crippen LogP) is 5.21. The van der Waals surface area contributed by atoms with Crippen molar-refractivity contribution in [3.8, 4) is 0 Å². The molecule has 0 amide bonds. The molecule has 0 heterocycles. The fraction of sp³-hybridized carbons (Fsp3) is 0.560. The van der Waals surface area contributed by atoms with E-state index >= 15 is 0 Å². The van der Waals surface area contributed by atoms with Gasteiger partial charge in [0.1, 0.15) is 5.78 Å². The normalized spacial score (nSPS) is 37.2. The maximum absolute atomic E-state index is 13.1. The van der Waals surface area contributed by atoms with Crippen molar-refractivity contribution >= 4 is 17.5 Å². The Morgan fingerprint density at radius 2 is 1.79 bits per heavy atom. The number of carboxylic acid groups (broad SMARTS) is 1. The van der Waals surface area contributed by atoms with E-state index in [0.717, 1.165) is 42.1 Å². The molecule has 0 aliphatic heterocycles. The number of hydrogen-bond donors (Lipinski definition) is 1. The van der Waals surface area contributed by atoms with E-state index in [0.29, 0.717) is 36.9 Å². The molecule has 156 valence electrons. The Morgan fingerprint density at radius 1 is 1.07 bits per heavy atom. The molecule has 0 unspecified atom stereocenters. The van der Waals surface area contributed by atoms with E-state index in [2.05, 4.69) is 13.8 Å². The molecule has 4 heteroatoms. The molecule has 0 bridgehead atoms. The second-order valence-corrected chi connectivity index (χ2v) is 9.58. The highest BCUT2D eigenvalue weighted by atomic mass is 16.4. The first-order valence-electron chi connectivity index (χ1n) is 10.6. The van der Waals surface area contributed by atoms with Crippen LogP contribution < -0.4 is 0 Å². The molecule has 0 aromatic heterocycles. The van der Waals surface area contributed by atoms with Crippen LogP contribution in [0.25, 0.3) is 0 Å². The van der Waals surface area contributed by atoms with Gasteiger partial charge in [-0.05, 0) is 55.9 Å². The van der Waals surface area contributed by atoms with Crippen molar-refractivity contribution in [3.05, 3.63) is 47.1 Å². The molecule has 1 N–H and O–H groups in total. The van der Waals surface area contributed by atoms with Gasteiger partial charge in [0.05, 0.1) is 0 Å². The zero-order chi connectivity index (χ0) is 21.4. The average Bonchev–Trinajstić information content (AvgIpc) is 2.92. The van der Waals surface area contributed by atoms with Gasteiger partial charge in [-0.25, -0.2) is 4.79 Å². The van der Waals surface area contributed by atoms with Crippen molar-refractivity contribution in [2.45, 2.75) is 66.2 Å². The van der Waals surface area contributed by atoms with Crippen LogP contribution in [0, 0.1) is 22.7 Å². The van der Waals surface area contributed by atoms with Crippen LogP contribution in [0.3, 0.4) is 0 Å². The summed E-state index contributed by atoms with van der Waals surface area (Å²) in [5, 5.41) is 8.71. The van der Waals surface area contributed by atoms with Gasteiger partial charge < -0.3 is 5.11 Å². The van der Waals surface area contributed by atoms with E-state index in [1.54, 1.807) is 6.08 Å². The largest absolute Gasteiger partial charge is 0.478 e. The molecule has 4 nitrogen and oxygen atoms in total. The number of rotatable bonds is 4. The standard InChI is InChI=1S/C25H32O4/c1-16(8-9-22(28)29)6-5-7-17(2)23-20(27)15-21-24(3)13-11-19(26)14-18(24)10-12-25(21,23)4/h5-9,18,21H,10-15H2,1-4H3,(H,28,29)/b7-5+,9-8+,16-6+,23-17-/t18-,21-,24-,25-/m0/s1. The average molecular weight is 397 g/mol. The number of allylic oxidation sites excluding steroid dienone is 7. The van der Waals surface area contributed by atoms with Gasteiger partial charge in [0, 0.05) is 36.3 Å². The maximum atomic E-state index is 13.1. The summed E-state index contributed by atoms with van der Waals surface area (Å²) in [7, 11) is 0. The number of hydrogen-bond acceptors (Lipinski definition) is 3. The lowest BCUT2D eigenvalue weighted by Gasteiger charge is -2.55. The summed E-state index contributed by atoms with van der Waals surface area (Å²) in [6, 6.07) is 0. The molecule has 0 aromatic rings. The Kier molecular flexibility index (Phi) is 5.84. The van der Waals surface area contributed by atoms with Gasteiger partial charge in [-0.1, -0.05) is 43.7 Å². The Bertz CT molecular complexity index is 856. The summed E-state index contributed by atoms with van der Waals surface area (Å²) in [4.78, 5) is 35.7. The molecule has 4 atom stereocenters. The first-order chi connectivity index (χ1) is 13.6. The Balaban J connectivity index is 1.88. The SMILES string of the molecule is CC(/C=C/C(=O)O)=C\C=C\C(C)=C1\C(=O)C[C@H]2[C@@]3(C)CCC(=O)C[C@@H]3CC[C@]12C. The van der Waals surface area contributed by atoms with Crippen LogP contribution in [-0.2, 0) is 14.4 Å². The van der Waals surface area contributed by atoms with Crippen molar-refractivity contribution < 1.29 is 19.5 Å². The topological polar surface area (TPSA) is 71.4 Å². The van der Waals surface area contributed by atoms with Crippen LogP contribution in [0.4, 0.5) is 0 Å². The fourth-order valence-electron chi connectivity index (χ4n) is 6.21. The number of carbonyl (C=O) groups excluding carboxylic acids is 2. The summed E-state index contributed by atoms with van der Waals surface area (Å²) in [5.41, 5.74) is 2.74. The van der Waals surface area contributed by atoms with E-state index in [1.165, 1.54) is 0 Å². The third-order valence-corrected chi connectivity index (χ3v) is 7.75. The van der Waals surface area contributed by atoms with Gasteiger partial charge in [0.25, 0.3) is 0 Å². The van der Waals surface area contributed by atoms with Gasteiger partial charge >= 0.3 is 5.97 Å². The van der Waals surface area contributed by atoms with Crippen LogP contribution in [0.5, 0.6) is 0 Å². The van der Waals surface area contributed by atoms with Crippen molar-refractivity contribution in [2.24, 2.45) is 22.7 Å². The quantitative estimate of drug-likeness (QED) is 0.523. The third-order valence-electron chi connectivity index (χ3n) is 7.75. The van der Waals surface area contributed by atoms with Crippen LogP contribution in [-0.4, -0.2) is 22.6 Å². The molecule has 3 rings (SSSR count). The molecule has 3 fully saturated rings. The van der Waals surface area contributed by atoms with Gasteiger partial charge in [0.15, 0.2) is 5.78 Å². The Hall–Kier alpha value is -2.23. The van der Waals surface area contributed by atoms with E-state index < -0.39 is 5.97 Å². The molecule has 0 aromatic carbocycles. The lowest BCUT2D eigenvalue weighted by Crippen LogP contribution is -2.49.